The number of hydrogen-bond acceptors (Lipinski definition) is 5. The molecule has 4 rings (SSSR count). The SMILES string of the molecule is Cc1ccc(-n2c(SCC(=O)NC(C)c3ccc(C)c(C)c3)nnc2-c2ccncc2)cc1. The van der Waals surface area contributed by atoms with Gasteiger partial charge in [0.1, 0.15) is 0 Å². The predicted octanol–water partition coefficient (Wildman–Crippen LogP) is 5.22. The van der Waals surface area contributed by atoms with Gasteiger partial charge < -0.3 is 5.32 Å². The molecule has 1 unspecified atom stereocenters. The Balaban J connectivity index is 1.53. The molecule has 1 amide bonds. The average molecular weight is 458 g/mol. The first-order valence-corrected chi connectivity index (χ1v) is 11.8. The summed E-state index contributed by atoms with van der Waals surface area (Å²) in [6, 6.07) is 18.2. The van der Waals surface area contributed by atoms with Crippen LogP contribution in [0.2, 0.25) is 0 Å². The van der Waals surface area contributed by atoms with Crippen molar-refractivity contribution in [1.29, 1.82) is 0 Å². The van der Waals surface area contributed by atoms with Crippen molar-refractivity contribution in [2.24, 2.45) is 0 Å². The van der Waals surface area contributed by atoms with E-state index in [2.05, 4.69) is 71.6 Å². The van der Waals surface area contributed by atoms with Crippen LogP contribution >= 0.6 is 11.8 Å². The molecule has 0 radical (unpaired) electrons. The first kappa shape index (κ1) is 22.7. The predicted molar refractivity (Wildman–Crippen MR) is 133 cm³/mol. The summed E-state index contributed by atoms with van der Waals surface area (Å²) in [6.07, 6.45) is 3.47. The quantitative estimate of drug-likeness (QED) is 0.385. The minimum Gasteiger partial charge on any atom is -0.349 e. The maximum Gasteiger partial charge on any atom is 0.230 e. The van der Waals surface area contributed by atoms with Crippen molar-refractivity contribution in [2.45, 2.75) is 38.9 Å². The lowest BCUT2D eigenvalue weighted by Crippen LogP contribution is -2.28. The molecule has 0 fully saturated rings. The van der Waals surface area contributed by atoms with Crippen molar-refractivity contribution in [3.05, 3.63) is 89.2 Å². The van der Waals surface area contributed by atoms with Gasteiger partial charge in [0.25, 0.3) is 0 Å². The highest BCUT2D eigenvalue weighted by Crippen LogP contribution is 2.28. The molecular weight excluding hydrogens is 430 g/mol. The molecule has 0 saturated carbocycles. The lowest BCUT2D eigenvalue weighted by atomic mass is 10.0. The molecule has 0 aliphatic rings. The number of thioether (sulfide) groups is 1. The van der Waals surface area contributed by atoms with Crippen molar-refractivity contribution < 1.29 is 4.79 Å². The van der Waals surface area contributed by atoms with Gasteiger partial charge >= 0.3 is 0 Å². The Morgan fingerprint density at radius 1 is 0.970 bits per heavy atom. The van der Waals surface area contributed by atoms with E-state index in [0.29, 0.717) is 11.0 Å². The van der Waals surface area contributed by atoms with Crippen LogP contribution in [0.5, 0.6) is 0 Å². The number of rotatable bonds is 7. The summed E-state index contributed by atoms with van der Waals surface area (Å²) in [5.41, 5.74) is 6.60. The second kappa shape index (κ2) is 10.0. The Labute approximate surface area is 198 Å². The molecule has 0 spiro atoms. The summed E-state index contributed by atoms with van der Waals surface area (Å²) in [5.74, 6) is 0.914. The number of amides is 1. The first-order chi connectivity index (χ1) is 15.9. The van der Waals surface area contributed by atoms with Crippen LogP contribution < -0.4 is 5.32 Å². The van der Waals surface area contributed by atoms with Gasteiger partial charge in [0.15, 0.2) is 11.0 Å². The molecule has 2 aromatic carbocycles. The Kier molecular flexibility index (Phi) is 6.89. The fourth-order valence-corrected chi connectivity index (χ4v) is 4.27. The maximum absolute atomic E-state index is 12.7. The van der Waals surface area contributed by atoms with Crippen molar-refractivity contribution in [2.75, 3.05) is 5.75 Å². The van der Waals surface area contributed by atoms with Gasteiger partial charge in [-0.3, -0.25) is 14.3 Å². The second-order valence-corrected chi connectivity index (χ2v) is 9.08. The number of aryl methyl sites for hydroxylation is 3. The van der Waals surface area contributed by atoms with E-state index in [1.54, 1.807) is 12.4 Å². The van der Waals surface area contributed by atoms with Gasteiger partial charge in [0.2, 0.25) is 5.91 Å². The van der Waals surface area contributed by atoms with Gasteiger partial charge in [-0.2, -0.15) is 0 Å². The third kappa shape index (κ3) is 5.31. The molecule has 7 heteroatoms. The van der Waals surface area contributed by atoms with Crippen molar-refractivity contribution in [1.82, 2.24) is 25.1 Å². The lowest BCUT2D eigenvalue weighted by molar-refractivity contribution is -0.119. The van der Waals surface area contributed by atoms with Gasteiger partial charge in [-0.05, 0) is 68.7 Å². The number of hydrogen-bond donors (Lipinski definition) is 1. The lowest BCUT2D eigenvalue weighted by Gasteiger charge is -2.16. The summed E-state index contributed by atoms with van der Waals surface area (Å²) in [5, 5.41) is 12.6. The topological polar surface area (TPSA) is 72.7 Å². The number of nitrogens with zero attached hydrogens (tertiary/aromatic N) is 4. The van der Waals surface area contributed by atoms with E-state index in [-0.39, 0.29) is 17.7 Å². The molecule has 2 aromatic heterocycles. The Bertz CT molecular complexity index is 1250. The van der Waals surface area contributed by atoms with Gasteiger partial charge in [-0.25, -0.2) is 0 Å². The summed E-state index contributed by atoms with van der Waals surface area (Å²) < 4.78 is 1.99. The normalized spacial score (nSPS) is 11.9. The van der Waals surface area contributed by atoms with E-state index in [1.165, 1.54) is 28.5 Å². The van der Waals surface area contributed by atoms with Crippen LogP contribution in [0.25, 0.3) is 17.1 Å². The maximum atomic E-state index is 12.7. The van der Waals surface area contributed by atoms with Crippen molar-refractivity contribution in [3.8, 4) is 17.1 Å². The van der Waals surface area contributed by atoms with Gasteiger partial charge in [-0.15, -0.1) is 10.2 Å². The minimum absolute atomic E-state index is 0.0466. The van der Waals surface area contributed by atoms with Crippen LogP contribution in [0.3, 0.4) is 0 Å². The van der Waals surface area contributed by atoms with Crippen LogP contribution in [-0.4, -0.2) is 31.4 Å². The largest absolute Gasteiger partial charge is 0.349 e. The second-order valence-electron chi connectivity index (χ2n) is 8.13. The molecule has 1 N–H and O–H groups in total. The van der Waals surface area contributed by atoms with Gasteiger partial charge in [-0.1, -0.05) is 47.7 Å². The molecule has 0 aliphatic heterocycles. The molecule has 0 saturated heterocycles. The molecule has 6 nitrogen and oxygen atoms in total. The number of benzene rings is 2. The van der Waals surface area contributed by atoms with E-state index in [0.717, 1.165) is 16.8 Å². The summed E-state index contributed by atoms with van der Waals surface area (Å²) in [4.78, 5) is 16.8. The third-order valence-corrected chi connectivity index (χ3v) is 6.53. The summed E-state index contributed by atoms with van der Waals surface area (Å²) in [7, 11) is 0. The monoisotopic (exact) mass is 457 g/mol. The molecular formula is C26H27N5OS. The van der Waals surface area contributed by atoms with E-state index in [9.17, 15) is 4.79 Å². The number of aromatic nitrogens is 4. The van der Waals surface area contributed by atoms with Crippen LogP contribution in [0.15, 0.2) is 72.1 Å². The molecule has 33 heavy (non-hydrogen) atoms. The van der Waals surface area contributed by atoms with Crippen LogP contribution in [0.1, 0.15) is 35.2 Å². The smallest absolute Gasteiger partial charge is 0.230 e. The van der Waals surface area contributed by atoms with Crippen molar-refractivity contribution in [3.63, 3.8) is 0 Å². The fourth-order valence-electron chi connectivity index (χ4n) is 3.51. The number of pyridine rings is 1. The van der Waals surface area contributed by atoms with Crippen LogP contribution in [-0.2, 0) is 4.79 Å². The first-order valence-electron chi connectivity index (χ1n) is 10.8. The summed E-state index contributed by atoms with van der Waals surface area (Å²) >= 11 is 1.37. The van der Waals surface area contributed by atoms with Crippen LogP contribution in [0, 0.1) is 20.8 Å². The Morgan fingerprint density at radius 2 is 1.70 bits per heavy atom. The molecule has 4 aromatic rings. The van der Waals surface area contributed by atoms with Crippen LogP contribution in [0.4, 0.5) is 0 Å². The molecule has 0 bridgehead atoms. The zero-order valence-electron chi connectivity index (χ0n) is 19.2. The highest BCUT2D eigenvalue weighted by molar-refractivity contribution is 7.99. The van der Waals surface area contributed by atoms with E-state index in [1.807, 2.05) is 35.8 Å². The number of nitrogens with one attached hydrogen (secondary N) is 1. The Morgan fingerprint density at radius 3 is 2.39 bits per heavy atom. The van der Waals surface area contributed by atoms with Crippen molar-refractivity contribution >= 4 is 17.7 Å². The Hall–Kier alpha value is -3.45. The van der Waals surface area contributed by atoms with Gasteiger partial charge in [0.05, 0.1) is 11.8 Å². The summed E-state index contributed by atoms with van der Waals surface area (Å²) in [6.45, 7) is 8.23. The molecule has 2 heterocycles. The molecule has 1 atom stereocenters. The van der Waals surface area contributed by atoms with E-state index >= 15 is 0 Å². The highest BCUT2D eigenvalue weighted by atomic mass is 32.2. The molecule has 168 valence electrons. The van der Waals surface area contributed by atoms with E-state index < -0.39 is 0 Å². The standard InChI is InChI=1S/C26H27N5OS/c1-17-5-9-23(10-6-17)31-25(21-11-13-27-14-12-21)29-30-26(31)33-16-24(32)28-20(4)22-8-7-18(2)19(3)15-22/h5-15,20H,16H2,1-4H3,(H,28,32). The average Bonchev–Trinajstić information content (AvgIpc) is 3.24. The zero-order chi connectivity index (χ0) is 23.4. The number of carbonyl (C=O) groups excluding carboxylic acids is 1. The van der Waals surface area contributed by atoms with E-state index in [4.69, 9.17) is 0 Å². The third-order valence-electron chi connectivity index (χ3n) is 5.60. The zero-order valence-corrected chi connectivity index (χ0v) is 20.1. The molecule has 0 aliphatic carbocycles. The number of carbonyl (C=O) groups is 1. The fraction of sp³-hybridized carbons (Fsp3) is 0.231. The van der Waals surface area contributed by atoms with Gasteiger partial charge in [0, 0.05) is 23.6 Å². The minimum atomic E-state index is -0.0697. The highest BCUT2D eigenvalue weighted by Gasteiger charge is 2.18.